The molecule has 0 amide bonds. The summed E-state index contributed by atoms with van der Waals surface area (Å²) in [4.78, 5) is 2.49. The first-order chi connectivity index (χ1) is 17.1. The van der Waals surface area contributed by atoms with Gasteiger partial charge in [0.15, 0.2) is 0 Å². The summed E-state index contributed by atoms with van der Waals surface area (Å²) in [7, 11) is 0. The van der Waals surface area contributed by atoms with Crippen molar-refractivity contribution in [1.82, 2.24) is 4.90 Å². The van der Waals surface area contributed by atoms with Gasteiger partial charge in [0.05, 0.1) is 0 Å². The lowest BCUT2D eigenvalue weighted by Crippen LogP contribution is -2.33. The van der Waals surface area contributed by atoms with Gasteiger partial charge in [-0.25, -0.2) is 0 Å². The molecule has 35 heavy (non-hydrogen) atoms. The van der Waals surface area contributed by atoms with Gasteiger partial charge >= 0.3 is 0 Å². The molecule has 0 bridgehead atoms. The predicted octanol–water partition coefficient (Wildman–Crippen LogP) is 6.93. The number of nitrogens with zero attached hydrogens (tertiary/aromatic N) is 1. The van der Waals surface area contributed by atoms with Crippen molar-refractivity contribution >= 4 is 10.8 Å². The molecule has 0 radical (unpaired) electrons. The van der Waals surface area contributed by atoms with Crippen LogP contribution in [0.2, 0.25) is 0 Å². The minimum Gasteiger partial charge on any atom is -0.508 e. The number of aromatic hydroxyl groups is 2. The number of rotatable bonds is 7. The summed E-state index contributed by atoms with van der Waals surface area (Å²) < 4.78 is 6.04. The fourth-order valence-electron chi connectivity index (χ4n) is 5.20. The maximum Gasteiger partial charge on any atom is 0.119 e. The Kier molecular flexibility index (Phi) is 6.91. The van der Waals surface area contributed by atoms with Crippen LogP contribution in [0.15, 0.2) is 78.9 Å². The summed E-state index contributed by atoms with van der Waals surface area (Å²) in [5.74, 6) is 1.54. The van der Waals surface area contributed by atoms with Crippen molar-refractivity contribution in [3.63, 3.8) is 0 Å². The molecule has 0 aliphatic carbocycles. The normalized spacial score (nSPS) is 15.2. The fraction of sp³-hybridized carbons (Fsp3) is 0.290. The monoisotopic (exact) mass is 467 g/mol. The van der Waals surface area contributed by atoms with Gasteiger partial charge in [-0.1, -0.05) is 55.8 Å². The maximum absolute atomic E-state index is 10.0. The van der Waals surface area contributed by atoms with E-state index in [1.54, 1.807) is 18.2 Å². The molecular weight excluding hydrogens is 434 g/mol. The van der Waals surface area contributed by atoms with Crippen molar-refractivity contribution in [3.05, 3.63) is 90.0 Å². The van der Waals surface area contributed by atoms with Crippen molar-refractivity contribution in [3.8, 4) is 28.4 Å². The zero-order valence-electron chi connectivity index (χ0n) is 20.3. The van der Waals surface area contributed by atoms with Crippen LogP contribution in [0.3, 0.4) is 0 Å². The van der Waals surface area contributed by atoms with Crippen LogP contribution in [0.5, 0.6) is 17.2 Å². The molecule has 0 aromatic heterocycles. The zero-order valence-corrected chi connectivity index (χ0v) is 20.3. The quantitative estimate of drug-likeness (QED) is 0.309. The van der Waals surface area contributed by atoms with Crippen LogP contribution in [-0.4, -0.2) is 41.4 Å². The Morgan fingerprint density at radius 1 is 0.800 bits per heavy atom. The predicted molar refractivity (Wildman–Crippen MR) is 142 cm³/mol. The van der Waals surface area contributed by atoms with Gasteiger partial charge in [-0.2, -0.15) is 0 Å². The lowest BCUT2D eigenvalue weighted by Gasteiger charge is -2.26. The molecule has 4 aromatic carbocycles. The van der Waals surface area contributed by atoms with Gasteiger partial charge in [-0.15, -0.1) is 0 Å². The molecule has 1 unspecified atom stereocenters. The molecule has 4 aromatic rings. The van der Waals surface area contributed by atoms with E-state index >= 15 is 0 Å². The molecule has 1 fully saturated rings. The zero-order chi connectivity index (χ0) is 24.2. The highest BCUT2D eigenvalue weighted by Gasteiger charge is 2.18. The highest BCUT2D eigenvalue weighted by molar-refractivity contribution is 5.93. The van der Waals surface area contributed by atoms with Crippen LogP contribution < -0.4 is 4.74 Å². The number of hydrogen-bond acceptors (Lipinski definition) is 4. The van der Waals surface area contributed by atoms with Crippen molar-refractivity contribution < 1.29 is 14.9 Å². The largest absolute Gasteiger partial charge is 0.508 e. The molecular formula is C31H33NO3. The standard InChI is InChI=1S/C31H33NO3/c1-22(23-7-13-28(14-8-23)35-20-19-32-17-3-2-4-18-32)31-29(24-5-10-26(33)11-6-24)15-9-25-21-27(34)12-16-30(25)31/h5-16,21-22,33-34H,2-4,17-20H2,1H3. The molecule has 2 N–H and O–H groups in total. The second-order valence-corrected chi connectivity index (χ2v) is 9.52. The van der Waals surface area contributed by atoms with Crippen molar-refractivity contribution in [2.75, 3.05) is 26.2 Å². The molecule has 0 spiro atoms. The average molecular weight is 468 g/mol. The summed E-state index contributed by atoms with van der Waals surface area (Å²) in [5, 5.41) is 21.9. The molecule has 1 aliphatic heterocycles. The van der Waals surface area contributed by atoms with E-state index in [1.807, 2.05) is 30.3 Å². The van der Waals surface area contributed by atoms with E-state index in [-0.39, 0.29) is 17.4 Å². The van der Waals surface area contributed by atoms with Gasteiger partial charge in [0.25, 0.3) is 0 Å². The molecule has 1 aliphatic rings. The molecule has 1 saturated heterocycles. The Bertz CT molecular complexity index is 1280. The smallest absolute Gasteiger partial charge is 0.119 e. The molecule has 0 saturated carbocycles. The molecule has 4 heteroatoms. The number of piperidine rings is 1. The van der Waals surface area contributed by atoms with Crippen LogP contribution in [0, 0.1) is 0 Å². The lowest BCUT2D eigenvalue weighted by atomic mass is 9.83. The van der Waals surface area contributed by atoms with Gasteiger partial charge in [-0.05, 0) is 95.4 Å². The van der Waals surface area contributed by atoms with Crippen molar-refractivity contribution in [2.45, 2.75) is 32.1 Å². The van der Waals surface area contributed by atoms with Crippen LogP contribution in [0.1, 0.15) is 43.2 Å². The van der Waals surface area contributed by atoms with Gasteiger partial charge in [-0.3, -0.25) is 4.90 Å². The second kappa shape index (κ2) is 10.4. The number of phenolic OH excluding ortho intramolecular Hbond substituents is 2. The van der Waals surface area contributed by atoms with E-state index in [2.05, 4.69) is 42.2 Å². The third-order valence-electron chi connectivity index (χ3n) is 7.16. The Morgan fingerprint density at radius 2 is 1.51 bits per heavy atom. The van der Waals surface area contributed by atoms with Crippen molar-refractivity contribution in [2.24, 2.45) is 0 Å². The molecule has 5 rings (SSSR count). The minimum absolute atomic E-state index is 0.120. The number of phenols is 2. The van der Waals surface area contributed by atoms with E-state index in [1.165, 1.54) is 43.5 Å². The highest BCUT2D eigenvalue weighted by Crippen LogP contribution is 2.40. The van der Waals surface area contributed by atoms with Gasteiger partial charge in [0.1, 0.15) is 23.9 Å². The van der Waals surface area contributed by atoms with E-state index in [4.69, 9.17) is 4.74 Å². The number of likely N-dealkylation sites (tertiary alicyclic amines) is 1. The molecule has 1 heterocycles. The van der Waals surface area contributed by atoms with E-state index in [0.717, 1.165) is 34.2 Å². The minimum atomic E-state index is 0.120. The summed E-state index contributed by atoms with van der Waals surface area (Å²) in [6.45, 7) is 6.29. The first kappa shape index (κ1) is 23.3. The van der Waals surface area contributed by atoms with E-state index in [9.17, 15) is 10.2 Å². The van der Waals surface area contributed by atoms with Crippen LogP contribution in [0.25, 0.3) is 21.9 Å². The highest BCUT2D eigenvalue weighted by atomic mass is 16.5. The van der Waals surface area contributed by atoms with Crippen molar-refractivity contribution in [1.29, 1.82) is 0 Å². The summed E-state index contributed by atoms with van der Waals surface area (Å²) in [5.41, 5.74) is 4.58. The number of hydrogen-bond donors (Lipinski definition) is 2. The van der Waals surface area contributed by atoms with Gasteiger partial charge in [0.2, 0.25) is 0 Å². The third kappa shape index (κ3) is 5.28. The molecule has 1 atom stereocenters. The lowest BCUT2D eigenvalue weighted by molar-refractivity contribution is 0.183. The fourth-order valence-corrected chi connectivity index (χ4v) is 5.20. The Balaban J connectivity index is 1.41. The van der Waals surface area contributed by atoms with Crippen LogP contribution in [-0.2, 0) is 0 Å². The Hall–Kier alpha value is -3.50. The third-order valence-corrected chi connectivity index (χ3v) is 7.16. The molecule has 4 nitrogen and oxygen atoms in total. The van der Waals surface area contributed by atoms with Crippen LogP contribution >= 0.6 is 0 Å². The average Bonchev–Trinajstić information content (AvgIpc) is 2.89. The Morgan fingerprint density at radius 3 is 2.26 bits per heavy atom. The maximum atomic E-state index is 10.0. The van der Waals surface area contributed by atoms with E-state index in [0.29, 0.717) is 6.61 Å². The summed E-state index contributed by atoms with van der Waals surface area (Å²) in [6, 6.07) is 25.5. The first-order valence-electron chi connectivity index (χ1n) is 12.6. The summed E-state index contributed by atoms with van der Waals surface area (Å²) >= 11 is 0. The molecule has 180 valence electrons. The Labute approximate surface area is 207 Å². The topological polar surface area (TPSA) is 52.9 Å². The number of ether oxygens (including phenoxy) is 1. The first-order valence-corrected chi connectivity index (χ1v) is 12.6. The summed E-state index contributed by atoms with van der Waals surface area (Å²) in [6.07, 6.45) is 3.95. The van der Waals surface area contributed by atoms with Gasteiger partial charge in [0, 0.05) is 12.5 Å². The number of benzene rings is 4. The second-order valence-electron chi connectivity index (χ2n) is 9.52. The van der Waals surface area contributed by atoms with Gasteiger partial charge < -0.3 is 14.9 Å². The van der Waals surface area contributed by atoms with Crippen LogP contribution in [0.4, 0.5) is 0 Å². The van der Waals surface area contributed by atoms with E-state index < -0.39 is 0 Å². The number of fused-ring (bicyclic) bond motifs is 1. The SMILES string of the molecule is CC(c1ccc(OCCN2CCCCC2)cc1)c1c(-c2ccc(O)cc2)ccc2cc(O)ccc12.